The second-order valence-electron chi connectivity index (χ2n) is 4.41. The molecule has 2 fully saturated rings. The fourth-order valence-corrected chi connectivity index (χ4v) is 2.22. The first-order chi connectivity index (χ1) is 6.58. The van der Waals surface area contributed by atoms with Gasteiger partial charge in [0.25, 0.3) is 0 Å². The average molecular weight is 198 g/mol. The zero-order valence-corrected chi connectivity index (χ0v) is 8.58. The molecular formula is C9H18N4O. The minimum atomic E-state index is -0.420. The first-order valence-electron chi connectivity index (χ1n) is 5.16. The Bertz CT molecular complexity index is 245. The molecule has 2 aliphatic rings. The summed E-state index contributed by atoms with van der Waals surface area (Å²) in [6.07, 6.45) is 0.534. The molecule has 0 aromatic carbocycles. The number of hydrogen-bond donors (Lipinski definition) is 4. The molecular weight excluding hydrogens is 180 g/mol. The number of nitrogens with two attached hydrogens (primary N) is 1. The lowest BCUT2D eigenvalue weighted by Gasteiger charge is -2.44. The molecule has 0 saturated carbocycles. The normalized spacial score (nSPS) is 48.2. The van der Waals surface area contributed by atoms with E-state index in [2.05, 4.69) is 29.8 Å². The van der Waals surface area contributed by atoms with E-state index in [-0.39, 0.29) is 18.0 Å². The molecule has 5 heteroatoms. The summed E-state index contributed by atoms with van der Waals surface area (Å²) in [4.78, 5) is 11.6. The molecule has 0 spiro atoms. The summed E-state index contributed by atoms with van der Waals surface area (Å²) < 4.78 is 0. The third-order valence-electron chi connectivity index (χ3n) is 3.32. The Balaban J connectivity index is 2.09. The number of carbonyl (C=O) groups is 1. The number of carbonyl (C=O) groups excluding carboxylic acids is 1. The number of fused-ring (bicyclic) bond motifs is 1. The number of nitrogens with one attached hydrogen (secondary N) is 3. The van der Waals surface area contributed by atoms with Gasteiger partial charge in [0.05, 0.1) is 12.1 Å². The van der Waals surface area contributed by atoms with E-state index >= 15 is 0 Å². The first-order valence-corrected chi connectivity index (χ1v) is 5.16. The summed E-state index contributed by atoms with van der Waals surface area (Å²) in [5.41, 5.74) is 5.63. The van der Waals surface area contributed by atoms with E-state index in [1.165, 1.54) is 0 Å². The van der Waals surface area contributed by atoms with Gasteiger partial charge in [-0.1, -0.05) is 6.92 Å². The van der Waals surface area contributed by atoms with Crippen LogP contribution >= 0.6 is 0 Å². The monoisotopic (exact) mass is 198 g/mol. The highest BCUT2D eigenvalue weighted by molar-refractivity contribution is 5.80. The lowest BCUT2D eigenvalue weighted by atomic mass is 9.83. The zero-order chi connectivity index (χ0) is 10.3. The molecule has 0 bridgehead atoms. The van der Waals surface area contributed by atoms with Gasteiger partial charge >= 0.3 is 0 Å². The maximum Gasteiger partial charge on any atom is 0.228 e. The molecule has 5 N–H and O–H groups in total. The maximum atomic E-state index is 11.6. The van der Waals surface area contributed by atoms with Crippen LogP contribution in [0.5, 0.6) is 0 Å². The Morgan fingerprint density at radius 1 is 1.36 bits per heavy atom. The third-order valence-corrected chi connectivity index (χ3v) is 3.32. The Morgan fingerprint density at radius 3 is 2.79 bits per heavy atom. The molecule has 2 saturated heterocycles. The molecule has 2 rings (SSSR count). The van der Waals surface area contributed by atoms with Crippen molar-refractivity contribution in [2.45, 2.75) is 38.8 Å². The Labute approximate surface area is 83.8 Å². The van der Waals surface area contributed by atoms with Crippen molar-refractivity contribution in [1.82, 2.24) is 16.0 Å². The minimum Gasteiger partial charge on any atom is -0.328 e. The lowest BCUT2D eigenvalue weighted by molar-refractivity contribution is -0.132. The van der Waals surface area contributed by atoms with Crippen LogP contribution in [0.3, 0.4) is 0 Å². The van der Waals surface area contributed by atoms with Crippen molar-refractivity contribution in [2.24, 2.45) is 17.6 Å². The van der Waals surface area contributed by atoms with Crippen molar-refractivity contribution >= 4 is 5.91 Å². The van der Waals surface area contributed by atoms with Crippen molar-refractivity contribution in [1.29, 1.82) is 0 Å². The van der Waals surface area contributed by atoms with E-state index in [4.69, 9.17) is 5.73 Å². The van der Waals surface area contributed by atoms with Gasteiger partial charge in [0.15, 0.2) is 0 Å². The van der Waals surface area contributed by atoms with Crippen LogP contribution in [0.15, 0.2) is 0 Å². The smallest absolute Gasteiger partial charge is 0.228 e. The number of amides is 1. The maximum absolute atomic E-state index is 11.6. The van der Waals surface area contributed by atoms with Gasteiger partial charge in [0.1, 0.15) is 6.29 Å². The Hall–Kier alpha value is -0.650. The molecule has 1 amide bonds. The molecule has 2 aliphatic heterocycles. The second kappa shape index (κ2) is 3.49. The van der Waals surface area contributed by atoms with Gasteiger partial charge in [-0.3, -0.25) is 21.2 Å². The number of rotatable bonds is 0. The Kier molecular flexibility index (Phi) is 2.47. The summed E-state index contributed by atoms with van der Waals surface area (Å²) in [6, 6.07) is 0.432. The van der Waals surface area contributed by atoms with Crippen LogP contribution in [-0.2, 0) is 4.79 Å². The summed E-state index contributed by atoms with van der Waals surface area (Å²) in [5.74, 6) is 0.603. The van der Waals surface area contributed by atoms with Crippen LogP contribution in [-0.4, -0.2) is 24.4 Å². The lowest BCUT2D eigenvalue weighted by Crippen LogP contribution is -2.71. The molecule has 0 aliphatic carbocycles. The quantitative estimate of drug-likeness (QED) is 0.399. The van der Waals surface area contributed by atoms with Gasteiger partial charge in [-0.05, 0) is 19.3 Å². The molecule has 0 aromatic rings. The van der Waals surface area contributed by atoms with Gasteiger partial charge in [-0.2, -0.15) is 0 Å². The highest BCUT2D eigenvalue weighted by Crippen LogP contribution is 2.25. The number of piperidine rings is 1. The van der Waals surface area contributed by atoms with E-state index in [1.807, 2.05) is 0 Å². The molecule has 5 unspecified atom stereocenters. The largest absolute Gasteiger partial charge is 0.328 e. The van der Waals surface area contributed by atoms with Crippen molar-refractivity contribution in [3.63, 3.8) is 0 Å². The van der Waals surface area contributed by atoms with Crippen LogP contribution < -0.4 is 21.7 Å². The molecule has 0 radical (unpaired) electrons. The van der Waals surface area contributed by atoms with E-state index in [1.54, 1.807) is 0 Å². The molecule has 0 aromatic heterocycles. The van der Waals surface area contributed by atoms with Crippen LogP contribution in [0.1, 0.15) is 20.3 Å². The Morgan fingerprint density at radius 2 is 2.07 bits per heavy atom. The van der Waals surface area contributed by atoms with Crippen molar-refractivity contribution in [2.75, 3.05) is 0 Å². The van der Waals surface area contributed by atoms with Gasteiger partial charge in [0.2, 0.25) is 5.91 Å². The standard InChI is InChI=1S/C9H18N4O/c1-4-3-6-7(11-5(4)2)12-9(10)13-8(6)14/h4-7,9,11-12H,3,10H2,1-2H3,(H,13,14). The van der Waals surface area contributed by atoms with E-state index in [0.717, 1.165) is 6.42 Å². The van der Waals surface area contributed by atoms with Gasteiger partial charge < -0.3 is 5.32 Å². The molecule has 14 heavy (non-hydrogen) atoms. The third kappa shape index (κ3) is 1.63. The summed E-state index contributed by atoms with van der Waals surface area (Å²) in [6.45, 7) is 4.30. The van der Waals surface area contributed by atoms with Crippen molar-refractivity contribution in [3.8, 4) is 0 Å². The van der Waals surface area contributed by atoms with Crippen LogP contribution in [0, 0.1) is 11.8 Å². The molecule has 2 heterocycles. The van der Waals surface area contributed by atoms with E-state index < -0.39 is 6.29 Å². The molecule has 5 atom stereocenters. The SMILES string of the molecule is CC1CC2C(=O)NC(N)NC2NC1C. The second-order valence-corrected chi connectivity index (χ2v) is 4.41. The van der Waals surface area contributed by atoms with Crippen LogP contribution in [0.4, 0.5) is 0 Å². The fourth-order valence-electron chi connectivity index (χ4n) is 2.22. The number of hydrogen-bond acceptors (Lipinski definition) is 4. The summed E-state index contributed by atoms with van der Waals surface area (Å²) >= 11 is 0. The van der Waals surface area contributed by atoms with E-state index in [9.17, 15) is 4.79 Å². The zero-order valence-electron chi connectivity index (χ0n) is 8.58. The fraction of sp³-hybridized carbons (Fsp3) is 0.889. The average Bonchev–Trinajstić information content (AvgIpc) is 2.08. The first kappa shape index (κ1) is 9.89. The van der Waals surface area contributed by atoms with E-state index in [0.29, 0.717) is 12.0 Å². The van der Waals surface area contributed by atoms with Gasteiger partial charge in [-0.25, -0.2) is 0 Å². The van der Waals surface area contributed by atoms with Crippen molar-refractivity contribution < 1.29 is 4.79 Å². The summed E-state index contributed by atoms with van der Waals surface area (Å²) in [7, 11) is 0. The highest BCUT2D eigenvalue weighted by atomic mass is 16.2. The van der Waals surface area contributed by atoms with Crippen LogP contribution in [0.25, 0.3) is 0 Å². The topological polar surface area (TPSA) is 79.2 Å². The molecule has 5 nitrogen and oxygen atoms in total. The molecule has 80 valence electrons. The summed E-state index contributed by atoms with van der Waals surface area (Å²) in [5, 5.41) is 9.21. The minimum absolute atomic E-state index is 0.0148. The van der Waals surface area contributed by atoms with Gasteiger partial charge in [0, 0.05) is 6.04 Å². The predicted molar refractivity (Wildman–Crippen MR) is 52.9 cm³/mol. The van der Waals surface area contributed by atoms with Gasteiger partial charge in [-0.15, -0.1) is 0 Å². The van der Waals surface area contributed by atoms with Crippen molar-refractivity contribution in [3.05, 3.63) is 0 Å². The highest BCUT2D eigenvalue weighted by Gasteiger charge is 2.40. The van der Waals surface area contributed by atoms with Crippen LogP contribution in [0.2, 0.25) is 0 Å². The predicted octanol–water partition coefficient (Wildman–Crippen LogP) is -1.09.